The number of carboxylic acid groups (broad SMARTS) is 1. The monoisotopic (exact) mass is 350 g/mol. The lowest BCUT2D eigenvalue weighted by Gasteiger charge is -2.44. The Kier molecular flexibility index (Phi) is 6.63. The summed E-state index contributed by atoms with van der Waals surface area (Å²) in [6, 6.07) is -1.27. The molecule has 1 unspecified atom stereocenters. The number of hydrogen-bond acceptors (Lipinski definition) is 8. The van der Waals surface area contributed by atoms with Gasteiger partial charge in [0.15, 0.2) is 0 Å². The van der Waals surface area contributed by atoms with Crippen LogP contribution in [0.4, 0.5) is 0 Å². The second kappa shape index (κ2) is 7.85. The summed E-state index contributed by atoms with van der Waals surface area (Å²) in [5, 5.41) is 53.6. The van der Waals surface area contributed by atoms with Crippen molar-refractivity contribution in [3.05, 3.63) is 0 Å². The van der Waals surface area contributed by atoms with Crippen molar-refractivity contribution in [1.82, 2.24) is 10.6 Å². The van der Waals surface area contributed by atoms with Crippen LogP contribution in [0.5, 0.6) is 0 Å². The van der Waals surface area contributed by atoms with Crippen LogP contribution in [0.25, 0.3) is 0 Å². The number of carboxylic acids is 1. The molecule has 1 heterocycles. The highest BCUT2D eigenvalue weighted by atomic mass is 16.7. The molecular weight excluding hydrogens is 328 g/mol. The Morgan fingerprint density at radius 2 is 1.83 bits per heavy atom. The molecular formula is C13H22N2O9. The number of rotatable bonds is 6. The summed E-state index contributed by atoms with van der Waals surface area (Å²) in [5.74, 6) is -5.67. The largest absolute Gasteiger partial charge is 0.477 e. The van der Waals surface area contributed by atoms with Crippen LogP contribution in [0.3, 0.4) is 0 Å². The number of ether oxygens (including phenoxy) is 1. The minimum absolute atomic E-state index is 0.384. The molecule has 0 radical (unpaired) electrons. The number of aliphatic hydroxyl groups is 4. The van der Waals surface area contributed by atoms with Crippen molar-refractivity contribution in [3.63, 3.8) is 0 Å². The van der Waals surface area contributed by atoms with Gasteiger partial charge in [0, 0.05) is 26.8 Å². The molecule has 0 aliphatic carbocycles. The molecule has 6 atom stereocenters. The topological polar surface area (TPSA) is 186 Å². The Hall–Kier alpha value is -1.79. The highest BCUT2D eigenvalue weighted by Crippen LogP contribution is 2.30. The zero-order valence-electron chi connectivity index (χ0n) is 13.2. The van der Waals surface area contributed by atoms with Crippen LogP contribution < -0.4 is 10.6 Å². The fraction of sp³-hybridized carbons (Fsp3) is 0.769. The molecule has 1 fully saturated rings. The van der Waals surface area contributed by atoms with Gasteiger partial charge >= 0.3 is 5.97 Å². The predicted molar refractivity (Wildman–Crippen MR) is 76.4 cm³/mol. The maximum absolute atomic E-state index is 11.2. The van der Waals surface area contributed by atoms with Crippen LogP contribution in [0.15, 0.2) is 0 Å². The molecule has 1 rings (SSSR count). The SMILES string of the molecule is CC(=O)NC[C@@H](O)[C@@H](O)C1O[C@](O)(C(=O)O)C[C@@H](O)[C@H]1NC(C)=O. The quantitative estimate of drug-likeness (QED) is 0.253. The highest BCUT2D eigenvalue weighted by molar-refractivity contribution is 5.76. The third-order valence-corrected chi connectivity index (χ3v) is 3.58. The standard InChI is InChI=1S/C13H22N2O9/c1-5(16)14-4-8(19)10(20)11-9(15-6(2)17)7(18)3-13(23,24-11)12(21)22/h7-11,18-20,23H,3-4H2,1-2H3,(H,14,16)(H,15,17)(H,21,22)/t7-,8-,9-,10-,11?,13+/m1/s1. The molecule has 0 spiro atoms. The van der Waals surface area contributed by atoms with E-state index in [-0.39, 0.29) is 6.54 Å². The molecule has 1 saturated heterocycles. The highest BCUT2D eigenvalue weighted by Gasteiger charge is 2.53. The first kappa shape index (κ1) is 20.3. The number of aliphatic carboxylic acids is 1. The Morgan fingerprint density at radius 1 is 1.25 bits per heavy atom. The maximum Gasteiger partial charge on any atom is 0.364 e. The number of nitrogens with one attached hydrogen (secondary N) is 2. The van der Waals surface area contributed by atoms with Crippen LogP contribution in [0.2, 0.25) is 0 Å². The average molecular weight is 350 g/mol. The predicted octanol–water partition coefficient (Wildman–Crippen LogP) is -3.73. The maximum atomic E-state index is 11.2. The van der Waals surface area contributed by atoms with Crippen molar-refractivity contribution in [2.45, 2.75) is 56.5 Å². The molecule has 2 amide bonds. The smallest absolute Gasteiger partial charge is 0.364 e. The van der Waals surface area contributed by atoms with Crippen LogP contribution in [0, 0.1) is 0 Å². The average Bonchev–Trinajstić information content (AvgIpc) is 2.46. The molecule has 138 valence electrons. The molecule has 0 aromatic heterocycles. The number of amides is 2. The number of carbonyl (C=O) groups excluding carboxylic acids is 2. The van der Waals surface area contributed by atoms with E-state index in [1.807, 2.05) is 0 Å². The summed E-state index contributed by atoms with van der Waals surface area (Å²) in [6.45, 7) is 1.93. The summed E-state index contributed by atoms with van der Waals surface area (Å²) < 4.78 is 4.97. The molecule has 0 saturated carbocycles. The second-order valence-corrected chi connectivity index (χ2v) is 5.66. The van der Waals surface area contributed by atoms with Gasteiger partial charge in [0.05, 0.1) is 18.2 Å². The first-order chi connectivity index (χ1) is 11.0. The van der Waals surface area contributed by atoms with E-state index in [9.17, 15) is 34.8 Å². The van der Waals surface area contributed by atoms with E-state index in [0.717, 1.165) is 6.92 Å². The van der Waals surface area contributed by atoms with Gasteiger partial charge in [-0.05, 0) is 0 Å². The first-order valence-corrected chi connectivity index (χ1v) is 7.17. The fourth-order valence-electron chi connectivity index (χ4n) is 2.40. The van der Waals surface area contributed by atoms with Gasteiger partial charge in [0.1, 0.15) is 12.2 Å². The lowest BCUT2D eigenvalue weighted by atomic mass is 9.88. The molecule has 1 aliphatic heterocycles. The minimum Gasteiger partial charge on any atom is -0.477 e. The van der Waals surface area contributed by atoms with E-state index >= 15 is 0 Å². The third kappa shape index (κ3) is 4.85. The third-order valence-electron chi connectivity index (χ3n) is 3.58. The van der Waals surface area contributed by atoms with Crippen molar-refractivity contribution in [2.24, 2.45) is 0 Å². The number of hydrogen-bond donors (Lipinski definition) is 7. The van der Waals surface area contributed by atoms with Crippen LogP contribution in [0.1, 0.15) is 20.3 Å². The van der Waals surface area contributed by atoms with Crippen molar-refractivity contribution in [1.29, 1.82) is 0 Å². The molecule has 0 bridgehead atoms. The van der Waals surface area contributed by atoms with Crippen LogP contribution in [-0.4, -0.2) is 86.1 Å². The summed E-state index contributed by atoms with van der Waals surface area (Å²) in [6.07, 6.45) is -7.36. The van der Waals surface area contributed by atoms with E-state index in [4.69, 9.17) is 9.84 Å². The van der Waals surface area contributed by atoms with Crippen LogP contribution in [-0.2, 0) is 19.1 Å². The van der Waals surface area contributed by atoms with Crippen LogP contribution >= 0.6 is 0 Å². The van der Waals surface area contributed by atoms with E-state index in [1.54, 1.807) is 0 Å². The summed E-state index contributed by atoms with van der Waals surface area (Å²) >= 11 is 0. The van der Waals surface area contributed by atoms with Gasteiger partial charge in [0.2, 0.25) is 11.8 Å². The summed E-state index contributed by atoms with van der Waals surface area (Å²) in [7, 11) is 0. The Labute approximate surface area is 137 Å². The lowest BCUT2D eigenvalue weighted by molar-refractivity contribution is -0.294. The number of carbonyl (C=O) groups is 3. The van der Waals surface area contributed by atoms with E-state index in [0.29, 0.717) is 0 Å². The van der Waals surface area contributed by atoms with Gasteiger partial charge in [-0.25, -0.2) is 4.79 Å². The lowest BCUT2D eigenvalue weighted by Crippen LogP contribution is -2.67. The zero-order valence-corrected chi connectivity index (χ0v) is 13.2. The Bertz CT molecular complexity index is 500. The van der Waals surface area contributed by atoms with E-state index in [1.165, 1.54) is 6.92 Å². The van der Waals surface area contributed by atoms with Gasteiger partial charge in [-0.2, -0.15) is 0 Å². The minimum atomic E-state index is -2.80. The first-order valence-electron chi connectivity index (χ1n) is 7.17. The zero-order chi connectivity index (χ0) is 18.7. The van der Waals surface area contributed by atoms with E-state index < -0.39 is 60.4 Å². The normalized spacial score (nSPS) is 32.5. The Morgan fingerprint density at radius 3 is 2.29 bits per heavy atom. The van der Waals surface area contributed by atoms with Gasteiger partial charge < -0.3 is 40.9 Å². The molecule has 1 aliphatic rings. The van der Waals surface area contributed by atoms with Gasteiger partial charge in [-0.15, -0.1) is 0 Å². The fourth-order valence-corrected chi connectivity index (χ4v) is 2.40. The summed E-state index contributed by atoms with van der Waals surface area (Å²) in [5.41, 5.74) is 0. The molecule has 11 heteroatoms. The van der Waals surface area contributed by atoms with Crippen molar-refractivity contribution in [3.8, 4) is 0 Å². The van der Waals surface area contributed by atoms with Crippen molar-refractivity contribution in [2.75, 3.05) is 6.54 Å². The summed E-state index contributed by atoms with van der Waals surface area (Å²) in [4.78, 5) is 33.2. The van der Waals surface area contributed by atoms with Gasteiger partial charge in [-0.3, -0.25) is 9.59 Å². The van der Waals surface area contributed by atoms with Gasteiger partial charge in [0.25, 0.3) is 5.79 Å². The molecule has 24 heavy (non-hydrogen) atoms. The second-order valence-electron chi connectivity index (χ2n) is 5.66. The Balaban J connectivity index is 3.01. The molecule has 11 nitrogen and oxygen atoms in total. The van der Waals surface area contributed by atoms with Gasteiger partial charge in [-0.1, -0.05) is 0 Å². The molecule has 0 aromatic rings. The van der Waals surface area contributed by atoms with E-state index in [2.05, 4.69) is 10.6 Å². The molecule has 7 N–H and O–H groups in total. The number of aliphatic hydroxyl groups excluding tert-OH is 3. The van der Waals surface area contributed by atoms with Crippen molar-refractivity contribution >= 4 is 17.8 Å². The van der Waals surface area contributed by atoms with Crippen molar-refractivity contribution < 1.29 is 44.7 Å². The molecule has 0 aromatic carbocycles.